The van der Waals surface area contributed by atoms with Crippen molar-refractivity contribution in [1.29, 1.82) is 0 Å². The van der Waals surface area contributed by atoms with E-state index in [2.05, 4.69) is 19.2 Å². The zero-order valence-corrected chi connectivity index (χ0v) is 12.6. The van der Waals surface area contributed by atoms with Gasteiger partial charge in [0.2, 0.25) is 0 Å². The Hall–Kier alpha value is -1.76. The van der Waals surface area contributed by atoms with Crippen LogP contribution in [0.3, 0.4) is 0 Å². The Bertz CT molecular complexity index is 557. The van der Waals surface area contributed by atoms with Crippen molar-refractivity contribution in [2.75, 3.05) is 18.4 Å². The standard InChI is InChI=1S/C14H17FN2O3S/c1-8-6-17(7-9(2)21-8)14(20)16-10-3-4-12(15)11(5-10)13(18)19/h3-5,8-9H,6-7H2,1-2H3,(H,16,20)(H,18,19). The first kappa shape index (κ1) is 15.6. The van der Waals surface area contributed by atoms with E-state index < -0.39 is 17.3 Å². The fourth-order valence-corrected chi connectivity index (χ4v) is 3.64. The Kier molecular flexibility index (Phi) is 4.72. The van der Waals surface area contributed by atoms with E-state index in [9.17, 15) is 14.0 Å². The molecule has 7 heteroatoms. The number of anilines is 1. The van der Waals surface area contributed by atoms with Gasteiger partial charge in [0.15, 0.2) is 0 Å². The molecule has 0 aliphatic carbocycles. The Balaban J connectivity index is 2.09. The van der Waals surface area contributed by atoms with Crippen molar-refractivity contribution in [3.8, 4) is 0 Å². The van der Waals surface area contributed by atoms with Gasteiger partial charge in [-0.05, 0) is 18.2 Å². The van der Waals surface area contributed by atoms with E-state index in [4.69, 9.17) is 5.11 Å². The first-order valence-corrected chi connectivity index (χ1v) is 7.55. The predicted octanol–water partition coefficient (Wildman–Crippen LogP) is 2.88. The van der Waals surface area contributed by atoms with Gasteiger partial charge in [-0.3, -0.25) is 0 Å². The summed E-state index contributed by atoms with van der Waals surface area (Å²) in [5.74, 6) is -2.18. The molecule has 114 valence electrons. The van der Waals surface area contributed by atoms with Crippen molar-refractivity contribution in [1.82, 2.24) is 4.90 Å². The zero-order chi connectivity index (χ0) is 15.6. The summed E-state index contributed by atoms with van der Waals surface area (Å²) in [5, 5.41) is 12.2. The van der Waals surface area contributed by atoms with Crippen molar-refractivity contribution in [3.05, 3.63) is 29.6 Å². The van der Waals surface area contributed by atoms with Gasteiger partial charge in [0, 0.05) is 29.3 Å². The van der Waals surface area contributed by atoms with E-state index >= 15 is 0 Å². The number of carbonyl (C=O) groups is 2. The van der Waals surface area contributed by atoms with E-state index in [1.54, 1.807) is 4.90 Å². The molecule has 2 atom stereocenters. The number of nitrogens with zero attached hydrogens (tertiary/aromatic N) is 1. The van der Waals surface area contributed by atoms with E-state index in [-0.39, 0.29) is 11.7 Å². The average Bonchev–Trinajstić information content (AvgIpc) is 2.39. The maximum absolute atomic E-state index is 13.3. The van der Waals surface area contributed by atoms with Gasteiger partial charge in [-0.15, -0.1) is 0 Å². The monoisotopic (exact) mass is 312 g/mol. The molecule has 1 heterocycles. The highest BCUT2D eigenvalue weighted by molar-refractivity contribution is 8.00. The summed E-state index contributed by atoms with van der Waals surface area (Å²) in [7, 11) is 0. The van der Waals surface area contributed by atoms with Crippen molar-refractivity contribution in [2.45, 2.75) is 24.3 Å². The van der Waals surface area contributed by atoms with Crippen LogP contribution < -0.4 is 5.32 Å². The third-order valence-corrected chi connectivity index (χ3v) is 4.38. The first-order chi connectivity index (χ1) is 9.86. The number of rotatable bonds is 2. The summed E-state index contributed by atoms with van der Waals surface area (Å²) in [6.45, 7) is 5.38. The van der Waals surface area contributed by atoms with Crippen molar-refractivity contribution in [3.63, 3.8) is 0 Å². The van der Waals surface area contributed by atoms with Crippen LogP contribution in [0.5, 0.6) is 0 Å². The highest BCUT2D eigenvalue weighted by Gasteiger charge is 2.26. The molecule has 5 nitrogen and oxygen atoms in total. The summed E-state index contributed by atoms with van der Waals surface area (Å²) in [6.07, 6.45) is 0. The molecule has 1 aliphatic rings. The lowest BCUT2D eigenvalue weighted by Crippen LogP contribution is -2.46. The molecule has 0 aromatic heterocycles. The smallest absolute Gasteiger partial charge is 0.338 e. The number of urea groups is 1. The van der Waals surface area contributed by atoms with Gasteiger partial charge in [-0.25, -0.2) is 14.0 Å². The van der Waals surface area contributed by atoms with Gasteiger partial charge in [0.25, 0.3) is 0 Å². The highest BCUT2D eigenvalue weighted by atomic mass is 32.2. The molecular weight excluding hydrogens is 295 g/mol. The second-order valence-corrected chi connectivity index (χ2v) is 6.97. The number of hydrogen-bond acceptors (Lipinski definition) is 3. The minimum atomic E-state index is -1.36. The molecule has 1 saturated heterocycles. The van der Waals surface area contributed by atoms with Crippen LogP contribution in [0.25, 0.3) is 0 Å². The molecule has 1 aliphatic heterocycles. The number of carboxylic acid groups (broad SMARTS) is 1. The van der Waals surface area contributed by atoms with Crippen LogP contribution >= 0.6 is 11.8 Å². The number of nitrogens with one attached hydrogen (secondary N) is 1. The number of benzene rings is 1. The summed E-state index contributed by atoms with van der Waals surface area (Å²) in [6, 6.07) is 3.22. The van der Waals surface area contributed by atoms with E-state index in [1.165, 1.54) is 6.07 Å². The molecule has 21 heavy (non-hydrogen) atoms. The minimum absolute atomic E-state index is 0.275. The number of amides is 2. The lowest BCUT2D eigenvalue weighted by atomic mass is 10.2. The quantitative estimate of drug-likeness (QED) is 0.881. The summed E-state index contributed by atoms with van der Waals surface area (Å²) in [5.41, 5.74) is -0.180. The maximum Gasteiger partial charge on any atom is 0.338 e. The lowest BCUT2D eigenvalue weighted by molar-refractivity contribution is 0.0692. The van der Waals surface area contributed by atoms with Crippen LogP contribution in [0, 0.1) is 5.82 Å². The molecule has 0 saturated carbocycles. The summed E-state index contributed by atoms with van der Waals surface area (Å²) >= 11 is 1.83. The number of carbonyl (C=O) groups excluding carboxylic acids is 1. The number of thioether (sulfide) groups is 1. The van der Waals surface area contributed by atoms with Crippen LogP contribution in [-0.2, 0) is 0 Å². The molecular formula is C14H17FN2O3S. The molecule has 2 unspecified atom stereocenters. The molecule has 0 bridgehead atoms. The summed E-state index contributed by atoms with van der Waals surface area (Å²) in [4.78, 5) is 24.8. The molecule has 2 N–H and O–H groups in total. The normalized spacial score (nSPS) is 22.0. The van der Waals surface area contributed by atoms with Crippen LogP contribution in [0.15, 0.2) is 18.2 Å². The Labute approximate surface area is 126 Å². The average molecular weight is 312 g/mol. The highest BCUT2D eigenvalue weighted by Crippen LogP contribution is 2.25. The van der Waals surface area contributed by atoms with Gasteiger partial charge in [-0.1, -0.05) is 13.8 Å². The fourth-order valence-electron chi connectivity index (χ4n) is 2.31. The Morgan fingerprint density at radius 1 is 1.33 bits per heavy atom. The van der Waals surface area contributed by atoms with Crippen LogP contribution in [0.1, 0.15) is 24.2 Å². The van der Waals surface area contributed by atoms with Crippen molar-refractivity contribution in [2.24, 2.45) is 0 Å². The third-order valence-electron chi connectivity index (χ3n) is 3.15. The van der Waals surface area contributed by atoms with Crippen LogP contribution in [0.4, 0.5) is 14.9 Å². The third kappa shape index (κ3) is 3.87. The predicted molar refractivity (Wildman–Crippen MR) is 80.5 cm³/mol. The summed E-state index contributed by atoms with van der Waals surface area (Å²) < 4.78 is 13.3. The van der Waals surface area contributed by atoms with E-state index in [0.29, 0.717) is 23.6 Å². The maximum atomic E-state index is 13.3. The Morgan fingerprint density at radius 3 is 2.52 bits per heavy atom. The van der Waals surface area contributed by atoms with Gasteiger partial charge >= 0.3 is 12.0 Å². The number of aromatic carboxylic acids is 1. The lowest BCUT2D eigenvalue weighted by Gasteiger charge is -2.34. The second kappa shape index (κ2) is 6.34. The fraction of sp³-hybridized carbons (Fsp3) is 0.429. The Morgan fingerprint density at radius 2 is 1.95 bits per heavy atom. The number of hydrogen-bond donors (Lipinski definition) is 2. The first-order valence-electron chi connectivity index (χ1n) is 6.61. The minimum Gasteiger partial charge on any atom is -0.478 e. The van der Waals surface area contributed by atoms with Gasteiger partial charge < -0.3 is 15.3 Å². The number of halogens is 1. The topological polar surface area (TPSA) is 69.6 Å². The molecule has 0 radical (unpaired) electrons. The SMILES string of the molecule is CC1CN(C(=O)Nc2ccc(F)c(C(=O)O)c2)CC(C)S1. The van der Waals surface area contributed by atoms with Crippen molar-refractivity contribution >= 4 is 29.4 Å². The van der Waals surface area contributed by atoms with Gasteiger partial charge in [0.05, 0.1) is 5.56 Å². The van der Waals surface area contributed by atoms with Gasteiger partial charge in [-0.2, -0.15) is 11.8 Å². The molecule has 0 spiro atoms. The van der Waals surface area contributed by atoms with Crippen LogP contribution in [-0.4, -0.2) is 45.6 Å². The number of carboxylic acids is 1. The molecule has 2 amide bonds. The van der Waals surface area contributed by atoms with E-state index in [0.717, 1.165) is 12.1 Å². The molecule has 1 aromatic carbocycles. The van der Waals surface area contributed by atoms with E-state index in [1.807, 2.05) is 11.8 Å². The zero-order valence-electron chi connectivity index (χ0n) is 11.8. The van der Waals surface area contributed by atoms with Crippen molar-refractivity contribution < 1.29 is 19.1 Å². The molecule has 2 rings (SSSR count). The van der Waals surface area contributed by atoms with Crippen LogP contribution in [0.2, 0.25) is 0 Å². The second-order valence-electron chi connectivity index (χ2n) is 5.09. The largest absolute Gasteiger partial charge is 0.478 e. The molecule has 1 fully saturated rings. The molecule has 1 aromatic rings. The van der Waals surface area contributed by atoms with Gasteiger partial charge in [0.1, 0.15) is 5.82 Å².